The Morgan fingerprint density at radius 1 is 1.62 bits per heavy atom. The Bertz CT molecular complexity index is 110. The minimum absolute atomic E-state index is 0.645. The van der Waals surface area contributed by atoms with E-state index in [2.05, 4.69) is 6.58 Å². The summed E-state index contributed by atoms with van der Waals surface area (Å²) in [5.41, 5.74) is 0. The van der Waals surface area contributed by atoms with Crippen molar-refractivity contribution in [3.8, 4) is 0 Å². The Morgan fingerprint density at radius 2 is 2.12 bits per heavy atom. The molecule has 0 aliphatic heterocycles. The van der Waals surface area contributed by atoms with E-state index in [1.807, 2.05) is 0 Å². The second kappa shape index (κ2) is 3.99. The molecule has 8 heavy (non-hydrogen) atoms. The molecule has 0 aromatic rings. The SMILES string of the molecule is C=CC/C(Cl)=C(/C)Cl. The molecular formula is C6H8Cl2. The predicted molar refractivity (Wildman–Crippen MR) is 39.2 cm³/mol. The topological polar surface area (TPSA) is 0 Å². The molecule has 0 amide bonds. The number of halogens is 2. The zero-order valence-electron chi connectivity index (χ0n) is 4.75. The average Bonchev–Trinajstić information content (AvgIpc) is 1.67. The number of hydrogen-bond donors (Lipinski definition) is 0. The first-order valence-electron chi connectivity index (χ1n) is 2.30. The highest BCUT2D eigenvalue weighted by molar-refractivity contribution is 6.38. The van der Waals surface area contributed by atoms with Gasteiger partial charge in [-0.3, -0.25) is 0 Å². The van der Waals surface area contributed by atoms with Gasteiger partial charge in [-0.2, -0.15) is 0 Å². The van der Waals surface area contributed by atoms with Crippen molar-refractivity contribution >= 4 is 23.2 Å². The summed E-state index contributed by atoms with van der Waals surface area (Å²) in [5.74, 6) is 0. The molecule has 0 spiro atoms. The summed E-state index contributed by atoms with van der Waals surface area (Å²) in [4.78, 5) is 0. The van der Waals surface area contributed by atoms with Gasteiger partial charge >= 0.3 is 0 Å². The molecule has 0 radical (unpaired) electrons. The lowest BCUT2D eigenvalue weighted by molar-refractivity contribution is 1.33. The summed E-state index contributed by atoms with van der Waals surface area (Å²) >= 11 is 11.1. The highest BCUT2D eigenvalue weighted by Gasteiger charge is 1.90. The second-order valence-corrected chi connectivity index (χ2v) is 2.45. The molecule has 0 saturated heterocycles. The van der Waals surface area contributed by atoms with E-state index in [9.17, 15) is 0 Å². The Labute approximate surface area is 59.8 Å². The quantitative estimate of drug-likeness (QED) is 0.531. The lowest BCUT2D eigenvalue weighted by Crippen LogP contribution is -1.68. The molecule has 46 valence electrons. The van der Waals surface area contributed by atoms with Crippen molar-refractivity contribution in [3.63, 3.8) is 0 Å². The normalized spacial score (nSPS) is 12.9. The Balaban J connectivity index is 3.79. The van der Waals surface area contributed by atoms with Crippen molar-refractivity contribution in [1.29, 1.82) is 0 Å². The maximum absolute atomic E-state index is 5.59. The number of hydrogen-bond acceptors (Lipinski definition) is 0. The van der Waals surface area contributed by atoms with E-state index in [1.165, 1.54) is 0 Å². The smallest absolute Gasteiger partial charge is 0.0360 e. The van der Waals surface area contributed by atoms with E-state index in [0.717, 1.165) is 0 Å². The van der Waals surface area contributed by atoms with Gasteiger partial charge in [0.1, 0.15) is 0 Å². The van der Waals surface area contributed by atoms with E-state index in [1.54, 1.807) is 13.0 Å². The predicted octanol–water partition coefficient (Wildman–Crippen LogP) is 3.27. The summed E-state index contributed by atoms with van der Waals surface area (Å²) < 4.78 is 0. The minimum atomic E-state index is 0.645. The maximum atomic E-state index is 5.59. The van der Waals surface area contributed by atoms with Gasteiger partial charge in [-0.15, -0.1) is 6.58 Å². The van der Waals surface area contributed by atoms with E-state index >= 15 is 0 Å². The summed E-state index contributed by atoms with van der Waals surface area (Å²) in [6.07, 6.45) is 2.38. The zero-order valence-corrected chi connectivity index (χ0v) is 6.26. The maximum Gasteiger partial charge on any atom is 0.0360 e. The van der Waals surface area contributed by atoms with Gasteiger partial charge in [0.2, 0.25) is 0 Å². The third-order valence-corrected chi connectivity index (χ3v) is 1.46. The number of allylic oxidation sites excluding steroid dienone is 3. The van der Waals surface area contributed by atoms with Crippen LogP contribution in [0.1, 0.15) is 13.3 Å². The van der Waals surface area contributed by atoms with Crippen LogP contribution in [0.15, 0.2) is 22.7 Å². The van der Waals surface area contributed by atoms with Crippen LogP contribution in [0.4, 0.5) is 0 Å². The zero-order chi connectivity index (χ0) is 6.57. The fourth-order valence-electron chi connectivity index (χ4n) is 0.267. The van der Waals surface area contributed by atoms with Crippen molar-refractivity contribution in [2.75, 3.05) is 0 Å². The first-order valence-corrected chi connectivity index (χ1v) is 3.05. The van der Waals surface area contributed by atoms with Crippen LogP contribution in [-0.2, 0) is 0 Å². The highest BCUT2D eigenvalue weighted by Crippen LogP contribution is 2.15. The first-order chi connectivity index (χ1) is 3.68. The lowest BCUT2D eigenvalue weighted by atomic mass is 10.4. The van der Waals surface area contributed by atoms with E-state index in [-0.39, 0.29) is 0 Å². The van der Waals surface area contributed by atoms with Gasteiger partial charge in [0, 0.05) is 16.5 Å². The largest absolute Gasteiger partial charge is 0.103 e. The molecule has 0 atom stereocenters. The fourth-order valence-corrected chi connectivity index (χ4v) is 0.454. The molecule has 0 aromatic carbocycles. The molecule has 0 aliphatic carbocycles. The van der Waals surface area contributed by atoms with Gasteiger partial charge in [0.25, 0.3) is 0 Å². The average molecular weight is 151 g/mol. The summed E-state index contributed by atoms with van der Waals surface area (Å²) in [6.45, 7) is 5.26. The van der Waals surface area contributed by atoms with Crippen LogP contribution in [0.2, 0.25) is 0 Å². The van der Waals surface area contributed by atoms with Crippen LogP contribution < -0.4 is 0 Å². The third-order valence-electron chi connectivity index (χ3n) is 0.697. The monoisotopic (exact) mass is 150 g/mol. The fraction of sp³-hybridized carbons (Fsp3) is 0.333. The van der Waals surface area contributed by atoms with E-state index in [0.29, 0.717) is 16.5 Å². The van der Waals surface area contributed by atoms with Gasteiger partial charge in [-0.1, -0.05) is 29.3 Å². The summed E-state index contributed by atoms with van der Waals surface area (Å²) in [6, 6.07) is 0. The van der Waals surface area contributed by atoms with Gasteiger partial charge in [0.05, 0.1) is 0 Å². The lowest BCUT2D eigenvalue weighted by Gasteiger charge is -1.90. The van der Waals surface area contributed by atoms with Crippen molar-refractivity contribution in [2.24, 2.45) is 0 Å². The molecule has 0 bridgehead atoms. The molecule has 2 heteroatoms. The van der Waals surface area contributed by atoms with Crippen molar-refractivity contribution in [3.05, 3.63) is 22.7 Å². The molecule has 0 heterocycles. The molecule has 0 N–H and O–H groups in total. The Kier molecular flexibility index (Phi) is 4.02. The highest BCUT2D eigenvalue weighted by atomic mass is 35.5. The van der Waals surface area contributed by atoms with Gasteiger partial charge in [-0.25, -0.2) is 0 Å². The minimum Gasteiger partial charge on any atom is -0.103 e. The third kappa shape index (κ3) is 3.11. The van der Waals surface area contributed by atoms with Crippen LogP contribution >= 0.6 is 23.2 Å². The van der Waals surface area contributed by atoms with Crippen molar-refractivity contribution in [2.45, 2.75) is 13.3 Å². The molecule has 0 rings (SSSR count). The van der Waals surface area contributed by atoms with Crippen molar-refractivity contribution < 1.29 is 0 Å². The van der Waals surface area contributed by atoms with Crippen LogP contribution in [-0.4, -0.2) is 0 Å². The van der Waals surface area contributed by atoms with Gasteiger partial charge < -0.3 is 0 Å². The first kappa shape index (κ1) is 8.06. The van der Waals surface area contributed by atoms with Gasteiger partial charge in [-0.05, 0) is 6.92 Å². The van der Waals surface area contributed by atoms with E-state index in [4.69, 9.17) is 23.2 Å². The van der Waals surface area contributed by atoms with Crippen LogP contribution in [0.25, 0.3) is 0 Å². The second-order valence-electron chi connectivity index (χ2n) is 1.43. The summed E-state index contributed by atoms with van der Waals surface area (Å²) in [7, 11) is 0. The molecular weight excluding hydrogens is 143 g/mol. The van der Waals surface area contributed by atoms with Crippen LogP contribution in [0.3, 0.4) is 0 Å². The standard InChI is InChI=1S/C6H8Cl2/c1-3-4-6(8)5(2)7/h3H,1,4H2,2H3/b6-5+. The summed E-state index contributed by atoms with van der Waals surface area (Å²) in [5, 5.41) is 1.31. The van der Waals surface area contributed by atoms with E-state index < -0.39 is 0 Å². The molecule has 0 aliphatic rings. The Hall–Kier alpha value is 0.0600. The Morgan fingerprint density at radius 3 is 2.25 bits per heavy atom. The number of rotatable bonds is 2. The molecule has 0 saturated carbocycles. The molecule has 0 unspecified atom stereocenters. The van der Waals surface area contributed by atoms with Crippen molar-refractivity contribution in [1.82, 2.24) is 0 Å². The molecule has 0 nitrogen and oxygen atoms in total. The van der Waals surface area contributed by atoms with Gasteiger partial charge in [0.15, 0.2) is 0 Å². The van der Waals surface area contributed by atoms with Crippen LogP contribution in [0, 0.1) is 0 Å². The van der Waals surface area contributed by atoms with Crippen LogP contribution in [0.5, 0.6) is 0 Å². The molecule has 0 aromatic heterocycles. The molecule has 0 fully saturated rings.